The van der Waals surface area contributed by atoms with E-state index >= 15 is 0 Å². The van der Waals surface area contributed by atoms with Crippen LogP contribution in [0.2, 0.25) is 0 Å². The maximum Gasteiger partial charge on any atom is 0.401 e. The van der Waals surface area contributed by atoms with Gasteiger partial charge >= 0.3 is 6.18 Å². The summed E-state index contributed by atoms with van der Waals surface area (Å²) in [5, 5.41) is 2.50. The van der Waals surface area contributed by atoms with Gasteiger partial charge in [0, 0.05) is 12.1 Å². The molecule has 0 unspecified atom stereocenters. The average Bonchev–Trinajstić information content (AvgIpc) is 2.02. The number of alkyl halides is 3. The first kappa shape index (κ1) is 17.7. The molecule has 0 amide bonds. The lowest BCUT2D eigenvalue weighted by Crippen LogP contribution is -2.41. The molecule has 0 aromatic carbocycles. The summed E-state index contributed by atoms with van der Waals surface area (Å²) in [4.78, 5) is 0. The third kappa shape index (κ3) is 8.13. The molecule has 7 heteroatoms. The molecule has 0 atom stereocenters. The molecule has 0 aliphatic heterocycles. The number of hydrogen-bond acceptors (Lipinski definition) is 2. The molecule has 0 bridgehead atoms. The van der Waals surface area contributed by atoms with Crippen LogP contribution in [0.4, 0.5) is 13.2 Å². The van der Waals surface area contributed by atoms with Crippen molar-refractivity contribution in [3.8, 4) is 0 Å². The Bertz CT molecular complexity index is 158. The lowest BCUT2D eigenvalue weighted by Gasteiger charge is -2.27. The predicted octanol–water partition coefficient (Wildman–Crippen LogP) is 2.25. The van der Waals surface area contributed by atoms with Gasteiger partial charge in [-0.1, -0.05) is 0 Å². The van der Waals surface area contributed by atoms with Crippen molar-refractivity contribution in [2.45, 2.75) is 43.9 Å². The number of hydrogen-bond donors (Lipinski definition) is 2. The fraction of sp³-hybridized carbons (Fsp3) is 1.00. The van der Waals surface area contributed by atoms with Crippen LogP contribution in [0, 0.1) is 0 Å². The van der Waals surface area contributed by atoms with Crippen LogP contribution in [-0.2, 0) is 0 Å². The molecule has 0 aromatic heterocycles. The summed E-state index contributed by atoms with van der Waals surface area (Å²) in [6.45, 7) is -0.882. The molecule has 1 aliphatic carbocycles. The van der Waals surface area contributed by atoms with E-state index in [1.54, 1.807) is 0 Å². The topological polar surface area (TPSA) is 38.0 Å². The quantitative estimate of drug-likeness (QED) is 0.807. The van der Waals surface area contributed by atoms with Gasteiger partial charge in [-0.15, -0.1) is 24.8 Å². The number of rotatable bonds is 2. The van der Waals surface area contributed by atoms with Gasteiger partial charge in [0.2, 0.25) is 0 Å². The minimum atomic E-state index is -4.10. The van der Waals surface area contributed by atoms with Crippen LogP contribution in [0.3, 0.4) is 0 Å². The molecular weight excluding hydrogens is 252 g/mol. The first-order valence-electron chi connectivity index (χ1n) is 4.53. The van der Waals surface area contributed by atoms with Gasteiger partial charge in [0.05, 0.1) is 6.54 Å². The smallest absolute Gasteiger partial charge is 0.328 e. The molecule has 2 nitrogen and oxygen atoms in total. The van der Waals surface area contributed by atoms with Crippen molar-refractivity contribution >= 4 is 24.8 Å². The fourth-order valence-corrected chi connectivity index (χ4v) is 1.58. The zero-order valence-corrected chi connectivity index (χ0v) is 9.85. The molecule has 1 fully saturated rings. The molecule has 0 spiro atoms. The Morgan fingerprint density at radius 3 is 1.93 bits per heavy atom. The van der Waals surface area contributed by atoms with Gasteiger partial charge in [0.1, 0.15) is 0 Å². The number of nitrogens with one attached hydrogen (secondary N) is 1. The third-order valence-electron chi connectivity index (χ3n) is 2.36. The van der Waals surface area contributed by atoms with Crippen molar-refractivity contribution in [3.63, 3.8) is 0 Å². The van der Waals surface area contributed by atoms with E-state index in [-0.39, 0.29) is 36.9 Å². The molecule has 0 heterocycles. The van der Waals surface area contributed by atoms with Crippen molar-refractivity contribution in [3.05, 3.63) is 0 Å². The van der Waals surface area contributed by atoms with Gasteiger partial charge in [-0.3, -0.25) is 0 Å². The van der Waals surface area contributed by atoms with Crippen LogP contribution in [0.15, 0.2) is 0 Å². The lowest BCUT2D eigenvalue weighted by molar-refractivity contribution is -0.126. The van der Waals surface area contributed by atoms with Gasteiger partial charge in [-0.2, -0.15) is 13.2 Å². The van der Waals surface area contributed by atoms with E-state index < -0.39 is 12.7 Å². The Labute approximate surface area is 100.0 Å². The number of nitrogens with two attached hydrogens (primary N) is 1. The molecular formula is C8H17Cl2F3N2. The van der Waals surface area contributed by atoms with E-state index in [1.807, 2.05) is 0 Å². The standard InChI is InChI=1S/C8H15F3N2.2ClH/c9-8(10,11)5-13-7-3-1-6(12)2-4-7;;/h6-7,13H,1-5,12H2;2*1H. The van der Waals surface area contributed by atoms with Gasteiger partial charge in [-0.05, 0) is 25.7 Å². The highest BCUT2D eigenvalue weighted by atomic mass is 35.5. The van der Waals surface area contributed by atoms with Crippen molar-refractivity contribution in [2.24, 2.45) is 5.73 Å². The van der Waals surface area contributed by atoms with Crippen LogP contribution in [0.5, 0.6) is 0 Å². The molecule has 94 valence electrons. The number of halogens is 5. The minimum Gasteiger partial charge on any atom is -0.328 e. The Balaban J connectivity index is 0. The van der Waals surface area contributed by atoms with Crippen LogP contribution < -0.4 is 11.1 Å². The first-order chi connectivity index (χ1) is 5.97. The van der Waals surface area contributed by atoms with E-state index in [2.05, 4.69) is 5.32 Å². The summed E-state index contributed by atoms with van der Waals surface area (Å²) in [7, 11) is 0. The second-order valence-corrected chi connectivity index (χ2v) is 3.61. The average molecular weight is 269 g/mol. The van der Waals surface area contributed by atoms with E-state index in [9.17, 15) is 13.2 Å². The maximum absolute atomic E-state index is 11.8. The van der Waals surface area contributed by atoms with Crippen molar-refractivity contribution < 1.29 is 13.2 Å². The predicted molar refractivity (Wildman–Crippen MR) is 58.8 cm³/mol. The second kappa shape index (κ2) is 7.54. The van der Waals surface area contributed by atoms with Crippen LogP contribution in [0.1, 0.15) is 25.7 Å². The van der Waals surface area contributed by atoms with Gasteiger partial charge in [-0.25, -0.2) is 0 Å². The second-order valence-electron chi connectivity index (χ2n) is 3.61. The van der Waals surface area contributed by atoms with E-state index in [0.717, 1.165) is 25.7 Å². The molecule has 15 heavy (non-hydrogen) atoms. The molecule has 3 N–H and O–H groups in total. The molecule has 0 saturated heterocycles. The monoisotopic (exact) mass is 268 g/mol. The van der Waals surface area contributed by atoms with E-state index in [4.69, 9.17) is 5.73 Å². The minimum absolute atomic E-state index is 0. The van der Waals surface area contributed by atoms with Crippen LogP contribution in [0.25, 0.3) is 0 Å². The van der Waals surface area contributed by atoms with Gasteiger partial charge in [0.15, 0.2) is 0 Å². The molecule has 1 aliphatic rings. The summed E-state index contributed by atoms with van der Waals surface area (Å²) in [6, 6.07) is 0.186. The molecule has 1 saturated carbocycles. The Morgan fingerprint density at radius 1 is 1.07 bits per heavy atom. The SMILES string of the molecule is Cl.Cl.NC1CCC(NCC(F)(F)F)CC1. The summed E-state index contributed by atoms with van der Waals surface area (Å²) < 4.78 is 35.4. The van der Waals surface area contributed by atoms with E-state index in [1.165, 1.54) is 0 Å². The van der Waals surface area contributed by atoms with Gasteiger partial charge in [0.25, 0.3) is 0 Å². The van der Waals surface area contributed by atoms with Gasteiger partial charge < -0.3 is 11.1 Å². The van der Waals surface area contributed by atoms with E-state index in [0.29, 0.717) is 0 Å². The molecule has 0 aromatic rings. The lowest BCUT2D eigenvalue weighted by atomic mass is 9.92. The normalized spacial score (nSPS) is 26.4. The zero-order chi connectivity index (χ0) is 9.90. The summed E-state index contributed by atoms with van der Waals surface area (Å²) in [6.07, 6.45) is -0.918. The first-order valence-corrected chi connectivity index (χ1v) is 4.53. The van der Waals surface area contributed by atoms with Crippen LogP contribution in [-0.4, -0.2) is 24.8 Å². The van der Waals surface area contributed by atoms with Crippen LogP contribution >= 0.6 is 24.8 Å². The summed E-state index contributed by atoms with van der Waals surface area (Å²) >= 11 is 0. The van der Waals surface area contributed by atoms with Crippen molar-refractivity contribution in [2.75, 3.05) is 6.54 Å². The summed E-state index contributed by atoms with van der Waals surface area (Å²) in [5.74, 6) is 0. The van der Waals surface area contributed by atoms with Crippen molar-refractivity contribution in [1.82, 2.24) is 5.32 Å². The highest BCUT2D eigenvalue weighted by Crippen LogP contribution is 2.19. The Morgan fingerprint density at radius 2 is 1.53 bits per heavy atom. The zero-order valence-electron chi connectivity index (χ0n) is 8.22. The van der Waals surface area contributed by atoms with Crippen molar-refractivity contribution in [1.29, 1.82) is 0 Å². The molecule has 0 radical (unpaired) electrons. The third-order valence-corrected chi connectivity index (χ3v) is 2.36. The highest BCUT2D eigenvalue weighted by Gasteiger charge is 2.28. The largest absolute Gasteiger partial charge is 0.401 e. The maximum atomic E-state index is 11.8. The Hall–Kier alpha value is 0.290. The summed E-state index contributed by atoms with van der Waals surface area (Å²) in [5.41, 5.74) is 5.63. The fourth-order valence-electron chi connectivity index (χ4n) is 1.58. The molecule has 1 rings (SSSR count). The highest BCUT2D eigenvalue weighted by molar-refractivity contribution is 5.85. The Kier molecular flexibility index (Phi) is 8.89.